The second-order valence-electron chi connectivity index (χ2n) is 3.44. The van der Waals surface area contributed by atoms with Gasteiger partial charge in [0.2, 0.25) is 5.91 Å². The average molecular weight is 191 g/mol. The third-order valence-electron chi connectivity index (χ3n) is 2.39. The molecule has 0 spiro atoms. The fourth-order valence-electron chi connectivity index (χ4n) is 1.54. The number of H-pyrrole nitrogens is 1. The van der Waals surface area contributed by atoms with Crippen molar-refractivity contribution in [2.24, 2.45) is 5.92 Å². The first-order chi connectivity index (χ1) is 6.86. The number of carbonyl (C=O) groups is 1. The van der Waals surface area contributed by atoms with Gasteiger partial charge in [-0.05, 0) is 18.9 Å². The van der Waals surface area contributed by atoms with E-state index >= 15 is 0 Å². The van der Waals surface area contributed by atoms with Crippen molar-refractivity contribution in [1.82, 2.24) is 15.5 Å². The topological polar surface area (TPSA) is 57.8 Å². The van der Waals surface area contributed by atoms with Crippen LogP contribution in [0.2, 0.25) is 0 Å². The van der Waals surface area contributed by atoms with Crippen molar-refractivity contribution >= 4 is 5.91 Å². The molecule has 1 heterocycles. The number of nitrogens with one attached hydrogen (secondary N) is 2. The molecule has 1 aliphatic carbocycles. The highest BCUT2D eigenvalue weighted by atomic mass is 16.1. The minimum Gasteiger partial charge on any atom is -0.350 e. The number of hydrogen-bond acceptors (Lipinski definition) is 2. The van der Waals surface area contributed by atoms with E-state index in [0.29, 0.717) is 6.54 Å². The van der Waals surface area contributed by atoms with Crippen molar-refractivity contribution < 1.29 is 4.79 Å². The molecule has 0 unspecified atom stereocenters. The van der Waals surface area contributed by atoms with Gasteiger partial charge in [0, 0.05) is 12.1 Å². The summed E-state index contributed by atoms with van der Waals surface area (Å²) in [6.07, 6.45) is 7.53. The van der Waals surface area contributed by atoms with Crippen molar-refractivity contribution in [3.05, 3.63) is 30.1 Å². The van der Waals surface area contributed by atoms with Crippen molar-refractivity contribution in [2.75, 3.05) is 0 Å². The van der Waals surface area contributed by atoms with Crippen LogP contribution in [0.1, 0.15) is 18.5 Å². The number of aromatic amines is 1. The molecule has 1 amide bonds. The molecule has 0 fully saturated rings. The summed E-state index contributed by atoms with van der Waals surface area (Å²) in [5, 5.41) is 9.49. The third-order valence-corrected chi connectivity index (χ3v) is 2.39. The molecule has 2 N–H and O–H groups in total. The van der Waals surface area contributed by atoms with E-state index in [-0.39, 0.29) is 11.8 Å². The van der Waals surface area contributed by atoms with Crippen LogP contribution in [0.3, 0.4) is 0 Å². The SMILES string of the molecule is O=C(NCc1ccn[nH]1)C1CC=CC1. The third kappa shape index (κ3) is 2.02. The number of hydrogen-bond donors (Lipinski definition) is 2. The van der Waals surface area contributed by atoms with Crippen LogP contribution in [0.25, 0.3) is 0 Å². The lowest BCUT2D eigenvalue weighted by molar-refractivity contribution is -0.124. The molecular formula is C10H13N3O. The fourth-order valence-corrected chi connectivity index (χ4v) is 1.54. The summed E-state index contributed by atoms with van der Waals surface area (Å²) in [5.41, 5.74) is 0.935. The Morgan fingerprint density at radius 1 is 1.57 bits per heavy atom. The van der Waals surface area contributed by atoms with E-state index in [2.05, 4.69) is 27.7 Å². The molecule has 4 heteroatoms. The number of amides is 1. The summed E-state index contributed by atoms with van der Waals surface area (Å²) in [4.78, 5) is 11.6. The van der Waals surface area contributed by atoms with E-state index in [1.165, 1.54) is 0 Å². The van der Waals surface area contributed by atoms with Gasteiger partial charge < -0.3 is 5.32 Å². The van der Waals surface area contributed by atoms with Crippen molar-refractivity contribution in [3.63, 3.8) is 0 Å². The Morgan fingerprint density at radius 3 is 3.00 bits per heavy atom. The van der Waals surface area contributed by atoms with Crippen molar-refractivity contribution in [1.29, 1.82) is 0 Å². The van der Waals surface area contributed by atoms with Gasteiger partial charge in [0.1, 0.15) is 0 Å². The lowest BCUT2D eigenvalue weighted by atomic mass is 10.1. The van der Waals surface area contributed by atoms with Crippen LogP contribution < -0.4 is 5.32 Å². The summed E-state index contributed by atoms with van der Waals surface area (Å²) < 4.78 is 0. The van der Waals surface area contributed by atoms with E-state index in [0.717, 1.165) is 18.5 Å². The predicted octanol–water partition coefficient (Wildman–Crippen LogP) is 0.992. The molecule has 0 aliphatic heterocycles. The van der Waals surface area contributed by atoms with Gasteiger partial charge in [-0.3, -0.25) is 9.89 Å². The molecule has 2 rings (SSSR count). The highest BCUT2D eigenvalue weighted by molar-refractivity contribution is 5.79. The Bertz CT molecular complexity index is 321. The van der Waals surface area contributed by atoms with E-state index in [4.69, 9.17) is 0 Å². The molecule has 4 nitrogen and oxygen atoms in total. The van der Waals surface area contributed by atoms with Gasteiger partial charge in [-0.15, -0.1) is 0 Å². The lowest BCUT2D eigenvalue weighted by Gasteiger charge is -2.08. The van der Waals surface area contributed by atoms with E-state index in [9.17, 15) is 4.79 Å². The summed E-state index contributed by atoms with van der Waals surface area (Å²) in [6, 6.07) is 1.85. The Morgan fingerprint density at radius 2 is 2.36 bits per heavy atom. The molecule has 1 aliphatic rings. The van der Waals surface area contributed by atoms with Crippen LogP contribution in [0.5, 0.6) is 0 Å². The Labute approximate surface area is 82.4 Å². The van der Waals surface area contributed by atoms with Gasteiger partial charge in [-0.25, -0.2) is 0 Å². The second kappa shape index (κ2) is 4.09. The van der Waals surface area contributed by atoms with Crippen LogP contribution in [0.15, 0.2) is 24.4 Å². The first kappa shape index (κ1) is 8.99. The number of nitrogens with zero attached hydrogens (tertiary/aromatic N) is 1. The summed E-state index contributed by atoms with van der Waals surface area (Å²) >= 11 is 0. The smallest absolute Gasteiger partial charge is 0.224 e. The maximum Gasteiger partial charge on any atom is 0.224 e. The highest BCUT2D eigenvalue weighted by Gasteiger charge is 2.18. The Hall–Kier alpha value is -1.58. The lowest BCUT2D eigenvalue weighted by Crippen LogP contribution is -2.29. The summed E-state index contributed by atoms with van der Waals surface area (Å²) in [6.45, 7) is 0.537. The molecular weight excluding hydrogens is 178 g/mol. The maximum atomic E-state index is 11.6. The molecule has 74 valence electrons. The zero-order valence-corrected chi connectivity index (χ0v) is 7.86. The van der Waals surface area contributed by atoms with E-state index in [1.807, 2.05) is 6.07 Å². The fraction of sp³-hybridized carbons (Fsp3) is 0.400. The van der Waals surface area contributed by atoms with Gasteiger partial charge in [-0.1, -0.05) is 12.2 Å². The van der Waals surface area contributed by atoms with Gasteiger partial charge in [0.15, 0.2) is 0 Å². The van der Waals surface area contributed by atoms with Crippen molar-refractivity contribution in [3.8, 4) is 0 Å². The quantitative estimate of drug-likeness (QED) is 0.700. The Balaban J connectivity index is 1.78. The molecule has 1 aromatic heterocycles. The van der Waals surface area contributed by atoms with Gasteiger partial charge in [-0.2, -0.15) is 5.10 Å². The number of aromatic nitrogens is 2. The minimum atomic E-state index is 0.129. The minimum absolute atomic E-state index is 0.129. The maximum absolute atomic E-state index is 11.6. The van der Waals surface area contributed by atoms with Crippen LogP contribution in [0, 0.1) is 5.92 Å². The molecule has 0 radical (unpaired) electrons. The Kier molecular flexibility index (Phi) is 2.62. The number of allylic oxidation sites excluding steroid dienone is 2. The van der Waals surface area contributed by atoms with Crippen LogP contribution in [0.4, 0.5) is 0 Å². The zero-order chi connectivity index (χ0) is 9.80. The normalized spacial score (nSPS) is 16.0. The molecule has 14 heavy (non-hydrogen) atoms. The van der Waals surface area contributed by atoms with Gasteiger partial charge in [0.05, 0.1) is 12.2 Å². The number of carbonyl (C=O) groups excluding carboxylic acids is 1. The summed E-state index contributed by atoms with van der Waals surface area (Å²) in [7, 11) is 0. The standard InChI is InChI=1S/C10H13N3O/c14-10(8-3-1-2-4-8)11-7-9-5-6-12-13-9/h1-2,5-6,8H,3-4,7H2,(H,11,14)(H,12,13). The first-order valence-electron chi connectivity index (χ1n) is 4.77. The molecule has 0 saturated heterocycles. The molecule has 0 bridgehead atoms. The molecule has 0 atom stereocenters. The van der Waals surface area contributed by atoms with Crippen LogP contribution >= 0.6 is 0 Å². The zero-order valence-electron chi connectivity index (χ0n) is 7.86. The van der Waals surface area contributed by atoms with Crippen molar-refractivity contribution in [2.45, 2.75) is 19.4 Å². The monoisotopic (exact) mass is 191 g/mol. The first-order valence-corrected chi connectivity index (χ1v) is 4.77. The number of rotatable bonds is 3. The molecule has 0 saturated carbocycles. The predicted molar refractivity (Wildman–Crippen MR) is 52.3 cm³/mol. The van der Waals surface area contributed by atoms with Gasteiger partial charge >= 0.3 is 0 Å². The largest absolute Gasteiger partial charge is 0.350 e. The molecule has 0 aromatic carbocycles. The van der Waals surface area contributed by atoms with Crippen LogP contribution in [-0.2, 0) is 11.3 Å². The molecule has 1 aromatic rings. The average Bonchev–Trinajstić information content (AvgIpc) is 2.87. The second-order valence-corrected chi connectivity index (χ2v) is 3.44. The van der Waals surface area contributed by atoms with E-state index < -0.39 is 0 Å². The van der Waals surface area contributed by atoms with E-state index in [1.54, 1.807) is 6.20 Å². The van der Waals surface area contributed by atoms with Gasteiger partial charge in [0.25, 0.3) is 0 Å². The summed E-state index contributed by atoms with van der Waals surface area (Å²) in [5.74, 6) is 0.266. The highest BCUT2D eigenvalue weighted by Crippen LogP contribution is 2.17. The van der Waals surface area contributed by atoms with Crippen LogP contribution in [-0.4, -0.2) is 16.1 Å².